The molecule has 0 aromatic heterocycles. The fourth-order valence-electron chi connectivity index (χ4n) is 2.22. The highest BCUT2D eigenvalue weighted by molar-refractivity contribution is 6.39. The van der Waals surface area contributed by atoms with Gasteiger partial charge in [-0.05, 0) is 43.9 Å². The maximum Gasteiger partial charge on any atom is 0.313 e. The third-order valence-electron chi connectivity index (χ3n) is 3.90. The lowest BCUT2D eigenvalue weighted by atomic mass is 10.1. The molecule has 0 aliphatic rings. The van der Waals surface area contributed by atoms with Gasteiger partial charge in [-0.3, -0.25) is 9.59 Å². The molecule has 0 heterocycles. The molecular weight excluding hydrogens is 276 g/mol. The van der Waals surface area contributed by atoms with Crippen LogP contribution in [0.25, 0.3) is 0 Å². The van der Waals surface area contributed by atoms with Crippen LogP contribution in [0.4, 0.5) is 5.69 Å². The van der Waals surface area contributed by atoms with E-state index in [2.05, 4.69) is 19.2 Å². The lowest BCUT2D eigenvalue weighted by molar-refractivity contribution is -0.143. The van der Waals surface area contributed by atoms with Crippen molar-refractivity contribution in [2.75, 3.05) is 18.4 Å². The van der Waals surface area contributed by atoms with Gasteiger partial charge in [-0.15, -0.1) is 0 Å². The Hall–Kier alpha value is -1.84. The number of carbonyl (C=O) groups excluding carboxylic acids is 2. The third kappa shape index (κ3) is 5.17. The number of carbonyl (C=O) groups is 2. The monoisotopic (exact) mass is 304 g/mol. The summed E-state index contributed by atoms with van der Waals surface area (Å²) >= 11 is 0. The second-order valence-corrected chi connectivity index (χ2v) is 5.70. The van der Waals surface area contributed by atoms with E-state index in [1.54, 1.807) is 4.90 Å². The quantitative estimate of drug-likeness (QED) is 0.781. The van der Waals surface area contributed by atoms with Crippen LogP contribution in [0.5, 0.6) is 0 Å². The molecule has 0 fully saturated rings. The first-order valence-corrected chi connectivity index (χ1v) is 8.17. The van der Waals surface area contributed by atoms with E-state index in [1.807, 2.05) is 32.0 Å². The van der Waals surface area contributed by atoms with E-state index in [1.165, 1.54) is 0 Å². The molecule has 0 aliphatic heterocycles. The molecule has 4 heteroatoms. The number of aryl methyl sites for hydroxylation is 1. The second kappa shape index (κ2) is 9.23. The van der Waals surface area contributed by atoms with E-state index >= 15 is 0 Å². The summed E-state index contributed by atoms with van der Waals surface area (Å²) in [6.07, 6.45) is 3.86. The summed E-state index contributed by atoms with van der Waals surface area (Å²) in [6.45, 7) is 9.39. The zero-order chi connectivity index (χ0) is 16.5. The minimum Gasteiger partial charge on any atom is -0.334 e. The molecule has 0 spiro atoms. The van der Waals surface area contributed by atoms with Gasteiger partial charge >= 0.3 is 11.8 Å². The first-order valence-electron chi connectivity index (χ1n) is 8.17. The van der Waals surface area contributed by atoms with Crippen molar-refractivity contribution in [1.29, 1.82) is 0 Å². The van der Waals surface area contributed by atoms with Crippen LogP contribution in [0.15, 0.2) is 18.2 Å². The number of rotatable bonds is 7. The Kier molecular flexibility index (Phi) is 7.64. The van der Waals surface area contributed by atoms with Crippen molar-refractivity contribution in [2.24, 2.45) is 0 Å². The molecule has 1 aromatic rings. The van der Waals surface area contributed by atoms with E-state index in [0.29, 0.717) is 18.8 Å². The van der Waals surface area contributed by atoms with Crippen LogP contribution in [0.2, 0.25) is 0 Å². The number of hydrogen-bond donors (Lipinski definition) is 1. The number of nitrogens with zero attached hydrogens (tertiary/aromatic N) is 1. The minimum absolute atomic E-state index is 0.428. The number of amides is 2. The van der Waals surface area contributed by atoms with Crippen LogP contribution >= 0.6 is 0 Å². The Balaban J connectivity index is 2.75. The van der Waals surface area contributed by atoms with E-state index in [9.17, 15) is 9.59 Å². The molecule has 0 atom stereocenters. The lowest BCUT2D eigenvalue weighted by Crippen LogP contribution is -2.41. The zero-order valence-corrected chi connectivity index (χ0v) is 14.2. The molecule has 1 rings (SSSR count). The van der Waals surface area contributed by atoms with Crippen molar-refractivity contribution < 1.29 is 9.59 Å². The molecule has 0 saturated carbocycles. The number of nitrogens with one attached hydrogen (secondary N) is 1. The Bertz CT molecular complexity index is 504. The summed E-state index contributed by atoms with van der Waals surface area (Å²) in [7, 11) is 0. The number of benzene rings is 1. The van der Waals surface area contributed by atoms with Crippen molar-refractivity contribution >= 4 is 17.5 Å². The summed E-state index contributed by atoms with van der Waals surface area (Å²) in [5, 5.41) is 2.75. The normalized spacial score (nSPS) is 10.4. The van der Waals surface area contributed by atoms with Crippen molar-refractivity contribution in [3.05, 3.63) is 29.3 Å². The van der Waals surface area contributed by atoms with Crippen molar-refractivity contribution in [3.63, 3.8) is 0 Å². The van der Waals surface area contributed by atoms with E-state index in [0.717, 1.165) is 36.8 Å². The second-order valence-electron chi connectivity index (χ2n) is 5.70. The molecule has 122 valence electrons. The molecule has 1 aromatic carbocycles. The molecule has 0 saturated heterocycles. The summed E-state index contributed by atoms with van der Waals surface area (Å²) in [5.74, 6) is -0.969. The highest BCUT2D eigenvalue weighted by Gasteiger charge is 2.21. The topological polar surface area (TPSA) is 49.4 Å². The lowest BCUT2D eigenvalue weighted by Gasteiger charge is -2.22. The molecule has 0 radical (unpaired) electrons. The largest absolute Gasteiger partial charge is 0.334 e. The first-order chi connectivity index (χ1) is 10.5. The number of unbranched alkanes of at least 4 members (excludes halogenated alkanes) is 2. The summed E-state index contributed by atoms with van der Waals surface area (Å²) < 4.78 is 0. The van der Waals surface area contributed by atoms with Gasteiger partial charge in [0, 0.05) is 18.8 Å². The smallest absolute Gasteiger partial charge is 0.313 e. The van der Waals surface area contributed by atoms with Gasteiger partial charge in [0.05, 0.1) is 0 Å². The highest BCUT2D eigenvalue weighted by Crippen LogP contribution is 2.18. The van der Waals surface area contributed by atoms with E-state index in [-0.39, 0.29) is 0 Å². The van der Waals surface area contributed by atoms with E-state index in [4.69, 9.17) is 0 Å². The molecule has 22 heavy (non-hydrogen) atoms. The van der Waals surface area contributed by atoms with Crippen LogP contribution in [-0.2, 0) is 9.59 Å². The average molecular weight is 304 g/mol. The van der Waals surface area contributed by atoms with Gasteiger partial charge in [0.2, 0.25) is 0 Å². The van der Waals surface area contributed by atoms with Crippen molar-refractivity contribution in [1.82, 2.24) is 4.90 Å². The Labute approximate surface area is 133 Å². The first kappa shape index (κ1) is 18.2. The van der Waals surface area contributed by atoms with Gasteiger partial charge in [-0.2, -0.15) is 0 Å². The Morgan fingerprint density at radius 2 is 1.64 bits per heavy atom. The van der Waals surface area contributed by atoms with Crippen LogP contribution in [-0.4, -0.2) is 29.8 Å². The maximum absolute atomic E-state index is 12.4. The van der Waals surface area contributed by atoms with Gasteiger partial charge < -0.3 is 10.2 Å². The van der Waals surface area contributed by atoms with Gasteiger partial charge in [0.15, 0.2) is 0 Å². The standard InChI is InChI=1S/C18H28N2O2/c1-5-7-12-20(13-8-6-2)18(22)17(21)19-16-11-9-10-14(3)15(16)4/h9-11H,5-8,12-13H2,1-4H3,(H,19,21). The fraction of sp³-hybridized carbons (Fsp3) is 0.556. The van der Waals surface area contributed by atoms with Crippen LogP contribution < -0.4 is 5.32 Å². The van der Waals surface area contributed by atoms with Crippen LogP contribution in [0, 0.1) is 13.8 Å². The summed E-state index contributed by atoms with van der Waals surface area (Å²) in [4.78, 5) is 26.3. The Morgan fingerprint density at radius 3 is 2.18 bits per heavy atom. The third-order valence-corrected chi connectivity index (χ3v) is 3.90. The molecule has 1 N–H and O–H groups in total. The zero-order valence-electron chi connectivity index (χ0n) is 14.2. The van der Waals surface area contributed by atoms with Gasteiger partial charge in [-0.25, -0.2) is 0 Å². The van der Waals surface area contributed by atoms with Crippen molar-refractivity contribution in [2.45, 2.75) is 53.4 Å². The molecule has 0 unspecified atom stereocenters. The Morgan fingerprint density at radius 1 is 1.05 bits per heavy atom. The summed E-state index contributed by atoms with van der Waals surface area (Å²) in [5.41, 5.74) is 2.81. The predicted octanol–water partition coefficient (Wildman–Crippen LogP) is 3.67. The van der Waals surface area contributed by atoms with Crippen molar-refractivity contribution in [3.8, 4) is 0 Å². The summed E-state index contributed by atoms with van der Waals surface area (Å²) in [6, 6.07) is 5.70. The average Bonchev–Trinajstić information content (AvgIpc) is 2.51. The molecule has 0 aliphatic carbocycles. The molecule has 4 nitrogen and oxygen atoms in total. The maximum atomic E-state index is 12.4. The molecular formula is C18H28N2O2. The molecule has 2 amide bonds. The number of anilines is 1. The van der Waals surface area contributed by atoms with Gasteiger partial charge in [-0.1, -0.05) is 38.8 Å². The molecule has 0 bridgehead atoms. The predicted molar refractivity (Wildman–Crippen MR) is 90.9 cm³/mol. The fourth-order valence-corrected chi connectivity index (χ4v) is 2.22. The van der Waals surface area contributed by atoms with Gasteiger partial charge in [0.1, 0.15) is 0 Å². The van der Waals surface area contributed by atoms with E-state index < -0.39 is 11.8 Å². The SMILES string of the molecule is CCCCN(CCCC)C(=O)C(=O)Nc1cccc(C)c1C. The highest BCUT2D eigenvalue weighted by atomic mass is 16.2. The number of hydrogen-bond acceptors (Lipinski definition) is 2. The minimum atomic E-state index is -0.541. The van der Waals surface area contributed by atoms with Crippen LogP contribution in [0.3, 0.4) is 0 Å². The van der Waals surface area contributed by atoms with Gasteiger partial charge in [0.25, 0.3) is 0 Å². The van der Waals surface area contributed by atoms with Crippen LogP contribution in [0.1, 0.15) is 50.7 Å².